The van der Waals surface area contributed by atoms with Crippen LogP contribution < -0.4 is 10.6 Å². The number of halogens is 2. The van der Waals surface area contributed by atoms with Crippen LogP contribution in [0, 0.1) is 11.3 Å². The highest BCUT2D eigenvalue weighted by Gasteiger charge is 2.20. The summed E-state index contributed by atoms with van der Waals surface area (Å²) in [5.74, 6) is 0. The zero-order valence-corrected chi connectivity index (χ0v) is 15.8. The van der Waals surface area contributed by atoms with Gasteiger partial charge in [0.15, 0.2) is 0 Å². The second kappa shape index (κ2) is 8.09. The van der Waals surface area contributed by atoms with Crippen molar-refractivity contribution in [3.63, 3.8) is 0 Å². The Kier molecular flexibility index (Phi) is 5.85. The van der Waals surface area contributed by atoms with Gasteiger partial charge < -0.3 is 5.32 Å². The fourth-order valence-corrected chi connectivity index (χ4v) is 4.50. The van der Waals surface area contributed by atoms with Crippen LogP contribution in [0.25, 0.3) is 0 Å². The minimum atomic E-state index is -0.399. The van der Waals surface area contributed by atoms with Crippen molar-refractivity contribution in [3.05, 3.63) is 44.2 Å². The number of thiophene rings is 1. The van der Waals surface area contributed by atoms with Crippen LogP contribution in [0.15, 0.2) is 18.2 Å². The molecule has 7 heteroatoms. The van der Waals surface area contributed by atoms with E-state index in [1.807, 2.05) is 0 Å². The highest BCUT2D eigenvalue weighted by Crippen LogP contribution is 2.36. The molecule has 0 atom stereocenters. The summed E-state index contributed by atoms with van der Waals surface area (Å²) in [6, 6.07) is 6.75. The Labute approximate surface area is 160 Å². The molecule has 1 aromatic heterocycles. The molecule has 3 rings (SSSR count). The van der Waals surface area contributed by atoms with Crippen LogP contribution in [0.1, 0.15) is 41.7 Å². The van der Waals surface area contributed by atoms with Crippen molar-refractivity contribution in [1.82, 2.24) is 0 Å². The van der Waals surface area contributed by atoms with E-state index in [9.17, 15) is 10.1 Å². The Balaban J connectivity index is 1.77. The first-order chi connectivity index (χ1) is 12.1. The topological polar surface area (TPSA) is 64.9 Å². The molecule has 1 heterocycles. The van der Waals surface area contributed by atoms with Crippen molar-refractivity contribution < 1.29 is 4.79 Å². The standard InChI is InChI=1S/C18H17Cl2N3OS/c19-14-8-7-11(9-15(14)20)22-18(24)23-17-13(10-21)12-5-3-1-2-4-6-16(12)25-17/h7-9H,1-6H2,(H2,22,23,24). The van der Waals surface area contributed by atoms with E-state index in [1.165, 1.54) is 29.1 Å². The number of amides is 2. The molecule has 1 aliphatic carbocycles. The number of benzene rings is 1. The molecule has 130 valence electrons. The van der Waals surface area contributed by atoms with Crippen LogP contribution in [-0.2, 0) is 12.8 Å². The van der Waals surface area contributed by atoms with Gasteiger partial charge in [-0.05, 0) is 49.4 Å². The van der Waals surface area contributed by atoms with Gasteiger partial charge in [0.1, 0.15) is 11.1 Å². The summed E-state index contributed by atoms with van der Waals surface area (Å²) in [7, 11) is 0. The quantitative estimate of drug-likeness (QED) is 0.634. The number of fused-ring (bicyclic) bond motifs is 1. The number of nitrogens with one attached hydrogen (secondary N) is 2. The Bertz CT molecular complexity index is 842. The summed E-state index contributed by atoms with van der Waals surface area (Å²) in [6.07, 6.45) is 6.52. The molecule has 1 aromatic carbocycles. The molecule has 25 heavy (non-hydrogen) atoms. The van der Waals surface area contributed by atoms with Gasteiger partial charge in [0.05, 0.1) is 15.6 Å². The van der Waals surface area contributed by atoms with Crippen molar-refractivity contribution in [3.8, 4) is 6.07 Å². The van der Waals surface area contributed by atoms with E-state index in [2.05, 4.69) is 16.7 Å². The first-order valence-corrected chi connectivity index (χ1v) is 9.73. The molecule has 0 unspecified atom stereocenters. The number of nitriles is 1. The largest absolute Gasteiger partial charge is 0.324 e. The van der Waals surface area contributed by atoms with Crippen molar-refractivity contribution in [1.29, 1.82) is 5.26 Å². The molecule has 0 spiro atoms. The first-order valence-electron chi connectivity index (χ1n) is 8.16. The molecule has 1 aliphatic rings. The summed E-state index contributed by atoms with van der Waals surface area (Å²) in [5.41, 5.74) is 2.25. The highest BCUT2D eigenvalue weighted by molar-refractivity contribution is 7.16. The molecule has 0 saturated carbocycles. The van der Waals surface area contributed by atoms with E-state index in [-0.39, 0.29) is 0 Å². The molecule has 4 nitrogen and oxygen atoms in total. The van der Waals surface area contributed by atoms with Gasteiger partial charge in [-0.15, -0.1) is 11.3 Å². The van der Waals surface area contributed by atoms with Crippen LogP contribution in [0.4, 0.5) is 15.5 Å². The molecular weight excluding hydrogens is 377 g/mol. The third-order valence-electron chi connectivity index (χ3n) is 4.19. The number of anilines is 2. The lowest BCUT2D eigenvalue weighted by Crippen LogP contribution is -2.19. The lowest BCUT2D eigenvalue weighted by molar-refractivity contribution is 0.262. The highest BCUT2D eigenvalue weighted by atomic mass is 35.5. The molecule has 2 N–H and O–H groups in total. The summed E-state index contributed by atoms with van der Waals surface area (Å²) < 4.78 is 0. The summed E-state index contributed by atoms with van der Waals surface area (Å²) in [6.45, 7) is 0. The van der Waals surface area contributed by atoms with Crippen LogP contribution in [0.5, 0.6) is 0 Å². The van der Waals surface area contributed by atoms with Gasteiger partial charge in [-0.1, -0.05) is 36.0 Å². The Morgan fingerprint density at radius 1 is 1.08 bits per heavy atom. The Morgan fingerprint density at radius 2 is 1.84 bits per heavy atom. The predicted molar refractivity (Wildman–Crippen MR) is 104 cm³/mol. The molecule has 2 amide bonds. The monoisotopic (exact) mass is 393 g/mol. The van der Waals surface area contributed by atoms with Gasteiger partial charge in [-0.2, -0.15) is 5.26 Å². The number of urea groups is 1. The van der Waals surface area contributed by atoms with Crippen molar-refractivity contribution in [2.24, 2.45) is 0 Å². The lowest BCUT2D eigenvalue weighted by Gasteiger charge is -2.09. The Hall–Kier alpha value is -1.74. The van der Waals surface area contributed by atoms with Crippen LogP contribution in [-0.4, -0.2) is 6.03 Å². The number of carbonyl (C=O) groups excluding carboxylic acids is 1. The molecule has 0 fully saturated rings. The zero-order chi connectivity index (χ0) is 17.8. The van der Waals surface area contributed by atoms with Crippen molar-refractivity contribution in [2.75, 3.05) is 10.6 Å². The maximum atomic E-state index is 12.3. The number of carbonyl (C=O) groups is 1. The van der Waals surface area contributed by atoms with Gasteiger partial charge in [-0.3, -0.25) is 5.32 Å². The number of nitrogens with zero attached hydrogens (tertiary/aromatic N) is 1. The maximum absolute atomic E-state index is 12.3. The zero-order valence-electron chi connectivity index (χ0n) is 13.5. The number of hydrogen-bond donors (Lipinski definition) is 2. The van der Waals surface area contributed by atoms with Gasteiger partial charge in [0.25, 0.3) is 0 Å². The number of aryl methyl sites for hydroxylation is 1. The van der Waals surface area contributed by atoms with Gasteiger partial charge in [0, 0.05) is 10.6 Å². The van der Waals surface area contributed by atoms with Gasteiger partial charge in [-0.25, -0.2) is 4.79 Å². The second-order valence-electron chi connectivity index (χ2n) is 5.94. The first kappa shape index (κ1) is 18.1. The van der Waals surface area contributed by atoms with Crippen molar-refractivity contribution in [2.45, 2.75) is 38.5 Å². The predicted octanol–water partition coefficient (Wildman–Crippen LogP) is 6.23. The summed E-state index contributed by atoms with van der Waals surface area (Å²) in [5, 5.41) is 16.5. The van der Waals surface area contributed by atoms with Gasteiger partial charge >= 0.3 is 6.03 Å². The molecule has 0 bridgehead atoms. The minimum absolute atomic E-state index is 0.372. The SMILES string of the molecule is N#Cc1c(NC(=O)Nc2ccc(Cl)c(Cl)c2)sc2c1CCCCCC2. The maximum Gasteiger partial charge on any atom is 0.324 e. The van der Waals surface area contributed by atoms with Crippen molar-refractivity contribution >= 4 is 51.3 Å². The lowest BCUT2D eigenvalue weighted by atomic mass is 9.97. The summed E-state index contributed by atoms with van der Waals surface area (Å²) in [4.78, 5) is 13.5. The second-order valence-corrected chi connectivity index (χ2v) is 7.86. The van der Waals surface area contributed by atoms with Gasteiger partial charge in [0.2, 0.25) is 0 Å². The van der Waals surface area contributed by atoms with E-state index in [1.54, 1.807) is 18.2 Å². The average Bonchev–Trinajstić information content (AvgIpc) is 2.86. The van der Waals surface area contributed by atoms with Crippen LogP contribution >= 0.6 is 34.5 Å². The van der Waals surface area contributed by atoms with E-state index in [0.29, 0.717) is 26.3 Å². The fraction of sp³-hybridized carbons (Fsp3) is 0.333. The average molecular weight is 394 g/mol. The van der Waals surface area contributed by atoms with Crippen LogP contribution in [0.3, 0.4) is 0 Å². The molecular formula is C18H17Cl2N3OS. The molecule has 0 radical (unpaired) electrons. The van der Waals surface area contributed by atoms with E-state index >= 15 is 0 Å². The molecule has 2 aromatic rings. The Morgan fingerprint density at radius 3 is 2.56 bits per heavy atom. The minimum Gasteiger partial charge on any atom is -0.308 e. The molecule has 0 saturated heterocycles. The van der Waals surface area contributed by atoms with Crippen LogP contribution in [0.2, 0.25) is 10.0 Å². The third kappa shape index (κ3) is 4.27. The van der Waals surface area contributed by atoms with E-state index in [0.717, 1.165) is 31.2 Å². The van der Waals surface area contributed by atoms with E-state index in [4.69, 9.17) is 23.2 Å². The fourth-order valence-electron chi connectivity index (χ4n) is 2.97. The number of hydrogen-bond acceptors (Lipinski definition) is 3. The van der Waals surface area contributed by atoms with E-state index < -0.39 is 6.03 Å². The molecule has 0 aliphatic heterocycles. The number of rotatable bonds is 2. The third-order valence-corrected chi connectivity index (χ3v) is 6.13. The normalized spacial score (nSPS) is 14.0. The smallest absolute Gasteiger partial charge is 0.308 e. The summed E-state index contributed by atoms with van der Waals surface area (Å²) >= 11 is 13.3.